The van der Waals surface area contributed by atoms with Crippen molar-refractivity contribution in [3.63, 3.8) is 0 Å². The topological polar surface area (TPSA) is 110 Å². The van der Waals surface area contributed by atoms with Gasteiger partial charge in [-0.2, -0.15) is 0 Å². The number of hydrogen-bond acceptors (Lipinski definition) is 5. The third-order valence-electron chi connectivity index (χ3n) is 6.38. The van der Waals surface area contributed by atoms with Crippen LogP contribution in [0.1, 0.15) is 68.2 Å². The highest BCUT2D eigenvalue weighted by molar-refractivity contribution is 5.94. The molecule has 0 fully saturated rings. The normalized spacial score (nSPS) is 14.2. The fraction of sp³-hybridized carbons (Fsp3) is 0.815. The van der Waals surface area contributed by atoms with E-state index in [1.807, 2.05) is 41.5 Å². The smallest absolute Gasteiger partial charge is 0.318 e. The van der Waals surface area contributed by atoms with E-state index >= 15 is 0 Å². The Balaban J connectivity index is 6.27. The highest BCUT2D eigenvalue weighted by Crippen LogP contribution is 2.21. The zero-order valence-corrected chi connectivity index (χ0v) is 25.3. The van der Waals surface area contributed by atoms with Gasteiger partial charge in [-0.05, 0) is 44.4 Å². The number of likely N-dealkylation sites (N-methyl/N-ethyl adjacent to an activating group) is 4. The number of rotatable bonds is 13. The lowest BCUT2D eigenvalue weighted by molar-refractivity contribution is -0.152. The molecule has 0 aliphatic carbocycles. The average Bonchev–Trinajstić information content (AvgIpc) is 2.78. The van der Waals surface area contributed by atoms with Gasteiger partial charge in [0.25, 0.3) is 0 Å². The Morgan fingerprint density at radius 3 is 1.46 bits per heavy atom. The Kier molecular flexibility index (Phi) is 13.3. The van der Waals surface area contributed by atoms with Crippen LogP contribution in [-0.4, -0.2) is 109 Å². The van der Waals surface area contributed by atoms with Gasteiger partial charge in [0, 0.05) is 35.2 Å². The third-order valence-corrected chi connectivity index (χ3v) is 6.38. The number of carbonyl (C=O) groups is 5. The highest BCUT2D eigenvalue weighted by atomic mass is 16.2. The molecule has 10 heteroatoms. The van der Waals surface area contributed by atoms with Crippen LogP contribution >= 0.6 is 0 Å². The molecule has 0 aromatic heterocycles. The fourth-order valence-corrected chi connectivity index (χ4v) is 4.20. The van der Waals surface area contributed by atoms with Crippen molar-refractivity contribution in [2.24, 2.45) is 17.8 Å². The molecule has 0 aromatic rings. The van der Waals surface area contributed by atoms with Crippen LogP contribution in [-0.2, 0) is 19.2 Å². The van der Waals surface area contributed by atoms with Crippen LogP contribution in [0.15, 0.2) is 0 Å². The quantitative estimate of drug-likeness (QED) is 0.372. The molecular weight excluding hydrogens is 474 g/mol. The summed E-state index contributed by atoms with van der Waals surface area (Å²) < 4.78 is 0. The second kappa shape index (κ2) is 14.3. The van der Waals surface area contributed by atoms with Gasteiger partial charge in [-0.3, -0.25) is 14.4 Å². The molecule has 0 spiro atoms. The minimum absolute atomic E-state index is 0.0849. The first-order chi connectivity index (χ1) is 16.8. The van der Waals surface area contributed by atoms with Crippen molar-refractivity contribution >= 4 is 30.0 Å². The van der Waals surface area contributed by atoms with Gasteiger partial charge in [-0.1, -0.05) is 41.5 Å². The van der Waals surface area contributed by atoms with E-state index in [4.69, 9.17) is 0 Å². The van der Waals surface area contributed by atoms with E-state index < -0.39 is 29.7 Å². The number of urea groups is 1. The van der Waals surface area contributed by atoms with Crippen LogP contribution in [0.25, 0.3) is 0 Å². The maximum absolute atomic E-state index is 13.8. The van der Waals surface area contributed by atoms with Crippen molar-refractivity contribution in [3.8, 4) is 0 Å². The molecule has 10 nitrogen and oxygen atoms in total. The van der Waals surface area contributed by atoms with Crippen LogP contribution in [0.2, 0.25) is 0 Å². The molecular formula is C27H51N5O5. The fourth-order valence-electron chi connectivity index (χ4n) is 4.20. The van der Waals surface area contributed by atoms with Crippen LogP contribution < -0.4 is 5.32 Å². The Labute approximate surface area is 224 Å². The maximum Gasteiger partial charge on any atom is 0.318 e. The van der Waals surface area contributed by atoms with Crippen molar-refractivity contribution in [3.05, 3.63) is 0 Å². The third kappa shape index (κ3) is 9.97. The van der Waals surface area contributed by atoms with E-state index in [1.54, 1.807) is 42.0 Å². The van der Waals surface area contributed by atoms with Crippen molar-refractivity contribution in [1.82, 2.24) is 24.9 Å². The minimum Gasteiger partial charge on any atom is -0.347 e. The lowest BCUT2D eigenvalue weighted by Crippen LogP contribution is -2.60. The summed E-state index contributed by atoms with van der Waals surface area (Å²) in [5, 5.41) is 2.64. The SMILES string of the molecule is CC(C)CC(C(=O)N(C)C(CC(C)C)C(=O)N(C)C(C(=O)N(C)C)C(C)C)N(C)C(=O)NC(C)(C)C=O. The number of nitrogens with zero attached hydrogens (tertiary/aromatic N) is 4. The van der Waals surface area contributed by atoms with Crippen LogP contribution in [0.4, 0.5) is 4.79 Å². The Hall–Kier alpha value is -2.65. The highest BCUT2D eigenvalue weighted by Gasteiger charge is 2.40. The predicted molar refractivity (Wildman–Crippen MR) is 146 cm³/mol. The van der Waals surface area contributed by atoms with E-state index in [1.165, 1.54) is 26.6 Å². The zero-order valence-electron chi connectivity index (χ0n) is 25.3. The molecule has 0 aromatic carbocycles. The summed E-state index contributed by atoms with van der Waals surface area (Å²) in [5.74, 6) is -0.831. The van der Waals surface area contributed by atoms with E-state index in [0.29, 0.717) is 19.1 Å². The molecule has 0 saturated heterocycles. The van der Waals surface area contributed by atoms with Gasteiger partial charge in [0.1, 0.15) is 24.4 Å². The van der Waals surface area contributed by atoms with Gasteiger partial charge in [0.2, 0.25) is 17.7 Å². The molecule has 0 rings (SSSR count). The second-order valence-corrected chi connectivity index (χ2v) is 12.0. The molecule has 0 aliphatic heterocycles. The Bertz CT molecular complexity index is 809. The molecule has 0 saturated carbocycles. The monoisotopic (exact) mass is 525 g/mol. The summed E-state index contributed by atoms with van der Waals surface area (Å²) in [6.45, 7) is 14.8. The van der Waals surface area contributed by atoms with Crippen molar-refractivity contribution in [2.45, 2.75) is 91.9 Å². The Morgan fingerprint density at radius 2 is 1.11 bits per heavy atom. The van der Waals surface area contributed by atoms with Crippen LogP contribution in [0, 0.1) is 17.8 Å². The first kappa shape index (κ1) is 34.4. The van der Waals surface area contributed by atoms with E-state index in [2.05, 4.69) is 5.32 Å². The van der Waals surface area contributed by atoms with Crippen molar-refractivity contribution in [1.29, 1.82) is 0 Å². The summed E-state index contributed by atoms with van der Waals surface area (Å²) in [6, 6.07) is -2.88. The summed E-state index contributed by atoms with van der Waals surface area (Å²) in [7, 11) is 8.01. The number of aldehydes is 1. The van der Waals surface area contributed by atoms with Gasteiger partial charge in [0.05, 0.1) is 5.54 Å². The first-order valence-corrected chi connectivity index (χ1v) is 13.0. The van der Waals surface area contributed by atoms with E-state index in [9.17, 15) is 24.0 Å². The molecule has 3 unspecified atom stereocenters. The number of nitrogens with one attached hydrogen (secondary N) is 1. The molecule has 37 heavy (non-hydrogen) atoms. The number of amides is 5. The van der Waals surface area contributed by atoms with E-state index in [-0.39, 0.29) is 35.5 Å². The summed E-state index contributed by atoms with van der Waals surface area (Å²) in [6.07, 6.45) is 1.41. The molecule has 1 N–H and O–H groups in total. The summed E-state index contributed by atoms with van der Waals surface area (Å²) in [4.78, 5) is 70.4. The van der Waals surface area contributed by atoms with Gasteiger partial charge in [-0.15, -0.1) is 0 Å². The molecule has 0 radical (unpaired) electrons. The summed E-state index contributed by atoms with van der Waals surface area (Å²) >= 11 is 0. The number of hydrogen-bond donors (Lipinski definition) is 1. The van der Waals surface area contributed by atoms with Gasteiger partial charge >= 0.3 is 6.03 Å². The lowest BCUT2D eigenvalue weighted by Gasteiger charge is -2.39. The molecule has 214 valence electrons. The zero-order chi connectivity index (χ0) is 29.4. The van der Waals surface area contributed by atoms with E-state index in [0.717, 1.165) is 0 Å². The van der Waals surface area contributed by atoms with Crippen molar-refractivity contribution in [2.75, 3.05) is 35.2 Å². The molecule has 0 bridgehead atoms. The maximum atomic E-state index is 13.8. The van der Waals surface area contributed by atoms with Crippen LogP contribution in [0.3, 0.4) is 0 Å². The number of carbonyl (C=O) groups excluding carboxylic acids is 5. The molecule has 3 atom stereocenters. The van der Waals surface area contributed by atoms with Crippen LogP contribution in [0.5, 0.6) is 0 Å². The Morgan fingerprint density at radius 1 is 0.703 bits per heavy atom. The molecule has 0 heterocycles. The molecule has 0 aliphatic rings. The largest absolute Gasteiger partial charge is 0.347 e. The van der Waals surface area contributed by atoms with Gasteiger partial charge in [0.15, 0.2) is 0 Å². The lowest BCUT2D eigenvalue weighted by atomic mass is 9.96. The molecule has 5 amide bonds. The minimum atomic E-state index is -1.09. The standard InChI is InChI=1S/C27H51N5O5/c1-17(2)14-20(24(35)32(13)22(19(5)6)25(36)29(9)10)30(11)23(34)21(15-18(3)4)31(12)26(37)28-27(7,8)16-33/h16-22H,14-15H2,1-13H3,(H,28,37). The van der Waals surface area contributed by atoms with Gasteiger partial charge in [-0.25, -0.2) is 4.79 Å². The predicted octanol–water partition coefficient (Wildman–Crippen LogP) is 2.46. The first-order valence-electron chi connectivity index (χ1n) is 13.0. The average molecular weight is 526 g/mol. The summed E-state index contributed by atoms with van der Waals surface area (Å²) in [5.41, 5.74) is -1.09. The van der Waals surface area contributed by atoms with Crippen molar-refractivity contribution < 1.29 is 24.0 Å². The van der Waals surface area contributed by atoms with Gasteiger partial charge < -0.3 is 29.7 Å². The second-order valence-electron chi connectivity index (χ2n) is 12.0.